The van der Waals surface area contributed by atoms with Gasteiger partial charge in [-0.15, -0.1) is 0 Å². The average Bonchev–Trinajstić information content (AvgIpc) is 2.20. The second-order valence-corrected chi connectivity index (χ2v) is 5.20. The second-order valence-electron chi connectivity index (χ2n) is 4.29. The number of aliphatic hydroxyl groups is 1. The van der Waals surface area contributed by atoms with Crippen molar-refractivity contribution in [1.82, 2.24) is 4.90 Å². The lowest BCUT2D eigenvalue weighted by Crippen LogP contribution is -2.35. The van der Waals surface area contributed by atoms with E-state index < -0.39 is 0 Å². The topological polar surface area (TPSA) is 23.5 Å². The summed E-state index contributed by atoms with van der Waals surface area (Å²) in [5.41, 5.74) is 0.975. The summed E-state index contributed by atoms with van der Waals surface area (Å²) >= 11 is 3.29. The first-order valence-electron chi connectivity index (χ1n) is 5.49. The molecule has 1 aromatic carbocycles. The zero-order valence-electron chi connectivity index (χ0n) is 9.00. The molecule has 88 valence electrons. The summed E-state index contributed by atoms with van der Waals surface area (Å²) in [6.45, 7) is 2.52. The van der Waals surface area contributed by atoms with Crippen LogP contribution in [-0.4, -0.2) is 29.2 Å². The first-order chi connectivity index (χ1) is 7.63. The lowest BCUT2D eigenvalue weighted by Gasteiger charge is -2.29. The van der Waals surface area contributed by atoms with E-state index in [0.717, 1.165) is 42.5 Å². The molecule has 4 heteroatoms. The molecular formula is C12H15BrFNO. The fourth-order valence-electron chi connectivity index (χ4n) is 2.04. The standard InChI is InChI=1S/C12H15BrFNO/c13-10-5-9(6-11(14)7-10)8-15-3-1-12(16)2-4-15/h5-7,12,16H,1-4,8H2. The summed E-state index contributed by atoms with van der Waals surface area (Å²) < 4.78 is 13.9. The van der Waals surface area contributed by atoms with Gasteiger partial charge in [-0.25, -0.2) is 4.39 Å². The van der Waals surface area contributed by atoms with Gasteiger partial charge in [0.25, 0.3) is 0 Å². The van der Waals surface area contributed by atoms with Crippen LogP contribution in [0.5, 0.6) is 0 Å². The Morgan fingerprint density at radius 3 is 2.62 bits per heavy atom. The van der Waals surface area contributed by atoms with Crippen LogP contribution in [0.3, 0.4) is 0 Å². The Morgan fingerprint density at radius 1 is 1.31 bits per heavy atom. The van der Waals surface area contributed by atoms with Crippen LogP contribution >= 0.6 is 15.9 Å². The van der Waals surface area contributed by atoms with Gasteiger partial charge in [-0.1, -0.05) is 15.9 Å². The maximum atomic E-state index is 13.2. The van der Waals surface area contributed by atoms with Gasteiger partial charge in [-0.3, -0.25) is 4.90 Å². The van der Waals surface area contributed by atoms with Crippen molar-refractivity contribution in [3.05, 3.63) is 34.1 Å². The van der Waals surface area contributed by atoms with E-state index in [2.05, 4.69) is 20.8 Å². The smallest absolute Gasteiger partial charge is 0.124 e. The van der Waals surface area contributed by atoms with Crippen molar-refractivity contribution < 1.29 is 9.50 Å². The van der Waals surface area contributed by atoms with Crippen LogP contribution in [0.25, 0.3) is 0 Å². The number of hydrogen-bond acceptors (Lipinski definition) is 2. The van der Waals surface area contributed by atoms with Crippen LogP contribution in [0.1, 0.15) is 18.4 Å². The molecule has 0 amide bonds. The summed E-state index contributed by atoms with van der Waals surface area (Å²) in [7, 11) is 0. The summed E-state index contributed by atoms with van der Waals surface area (Å²) in [5.74, 6) is -0.207. The Labute approximate surface area is 103 Å². The normalized spacial score (nSPS) is 18.9. The Morgan fingerprint density at radius 2 is 2.00 bits per heavy atom. The molecule has 2 rings (SSSR count). The van der Waals surface area contributed by atoms with E-state index in [-0.39, 0.29) is 11.9 Å². The number of piperidine rings is 1. The average molecular weight is 288 g/mol. The summed E-state index contributed by atoms with van der Waals surface area (Å²) in [4.78, 5) is 2.24. The van der Waals surface area contributed by atoms with Crippen LogP contribution in [0.2, 0.25) is 0 Å². The molecule has 0 saturated carbocycles. The zero-order chi connectivity index (χ0) is 11.5. The van der Waals surface area contributed by atoms with E-state index in [9.17, 15) is 9.50 Å². The number of halogens is 2. The molecule has 1 heterocycles. The molecule has 0 spiro atoms. The highest BCUT2D eigenvalue weighted by Gasteiger charge is 2.17. The minimum atomic E-state index is -0.207. The Hall–Kier alpha value is -0.450. The van der Waals surface area contributed by atoms with Crippen molar-refractivity contribution in [2.24, 2.45) is 0 Å². The molecule has 0 radical (unpaired) electrons. The molecule has 1 aliphatic heterocycles. The highest BCUT2D eigenvalue weighted by molar-refractivity contribution is 9.10. The van der Waals surface area contributed by atoms with Gasteiger partial charge in [0.15, 0.2) is 0 Å². The molecular weight excluding hydrogens is 273 g/mol. The van der Waals surface area contributed by atoms with Crippen molar-refractivity contribution in [3.63, 3.8) is 0 Å². The van der Waals surface area contributed by atoms with Gasteiger partial charge in [0, 0.05) is 24.1 Å². The van der Waals surface area contributed by atoms with Crippen LogP contribution in [0, 0.1) is 5.82 Å². The van der Waals surface area contributed by atoms with Gasteiger partial charge in [0.1, 0.15) is 5.82 Å². The van der Waals surface area contributed by atoms with Crippen LogP contribution in [0.15, 0.2) is 22.7 Å². The SMILES string of the molecule is OC1CCN(Cc2cc(F)cc(Br)c2)CC1. The maximum Gasteiger partial charge on any atom is 0.124 e. The molecule has 0 aromatic heterocycles. The first-order valence-corrected chi connectivity index (χ1v) is 6.28. The molecule has 0 atom stereocenters. The van der Waals surface area contributed by atoms with Crippen LogP contribution < -0.4 is 0 Å². The number of hydrogen-bond donors (Lipinski definition) is 1. The molecule has 0 aliphatic carbocycles. The van der Waals surface area contributed by atoms with Gasteiger partial charge >= 0.3 is 0 Å². The minimum absolute atomic E-state index is 0.157. The minimum Gasteiger partial charge on any atom is -0.393 e. The number of rotatable bonds is 2. The lowest BCUT2D eigenvalue weighted by molar-refractivity contribution is 0.0792. The van der Waals surface area contributed by atoms with Gasteiger partial charge < -0.3 is 5.11 Å². The Balaban J connectivity index is 1.98. The van der Waals surface area contributed by atoms with Crippen LogP contribution in [-0.2, 0) is 6.54 Å². The fourth-order valence-corrected chi connectivity index (χ4v) is 2.55. The van der Waals surface area contributed by atoms with Gasteiger partial charge in [-0.2, -0.15) is 0 Å². The summed E-state index contributed by atoms with van der Waals surface area (Å²) in [5, 5.41) is 9.39. The van der Waals surface area contributed by atoms with E-state index >= 15 is 0 Å². The largest absolute Gasteiger partial charge is 0.393 e. The number of nitrogens with zero attached hydrogens (tertiary/aromatic N) is 1. The van der Waals surface area contributed by atoms with Crippen molar-refractivity contribution in [2.75, 3.05) is 13.1 Å². The maximum absolute atomic E-state index is 13.2. The highest BCUT2D eigenvalue weighted by Crippen LogP contribution is 2.18. The van der Waals surface area contributed by atoms with Crippen molar-refractivity contribution in [1.29, 1.82) is 0 Å². The van der Waals surface area contributed by atoms with E-state index in [1.54, 1.807) is 6.07 Å². The molecule has 0 bridgehead atoms. The second kappa shape index (κ2) is 5.25. The number of benzene rings is 1. The fraction of sp³-hybridized carbons (Fsp3) is 0.500. The molecule has 0 unspecified atom stereocenters. The van der Waals surface area contributed by atoms with Crippen molar-refractivity contribution in [3.8, 4) is 0 Å². The third-order valence-electron chi connectivity index (χ3n) is 2.89. The van der Waals surface area contributed by atoms with Crippen molar-refractivity contribution >= 4 is 15.9 Å². The summed E-state index contributed by atoms with van der Waals surface area (Å²) in [6.07, 6.45) is 1.47. The first kappa shape index (κ1) is 12.0. The third kappa shape index (κ3) is 3.27. The van der Waals surface area contributed by atoms with Gasteiger partial charge in [0.2, 0.25) is 0 Å². The van der Waals surface area contributed by atoms with E-state index in [1.165, 1.54) is 6.07 Å². The van der Waals surface area contributed by atoms with Gasteiger partial charge in [0.05, 0.1) is 6.10 Å². The summed E-state index contributed by atoms with van der Waals surface area (Å²) in [6, 6.07) is 4.97. The van der Waals surface area contributed by atoms with E-state index in [4.69, 9.17) is 0 Å². The van der Waals surface area contributed by atoms with E-state index in [1.807, 2.05) is 6.07 Å². The lowest BCUT2D eigenvalue weighted by atomic mass is 10.1. The van der Waals surface area contributed by atoms with Crippen LogP contribution in [0.4, 0.5) is 4.39 Å². The predicted octanol–water partition coefficient (Wildman–Crippen LogP) is 2.54. The molecule has 16 heavy (non-hydrogen) atoms. The molecule has 1 fully saturated rings. The molecule has 1 aliphatic rings. The molecule has 1 N–H and O–H groups in total. The molecule has 1 saturated heterocycles. The third-order valence-corrected chi connectivity index (χ3v) is 3.34. The van der Waals surface area contributed by atoms with Crippen molar-refractivity contribution in [2.45, 2.75) is 25.5 Å². The van der Waals surface area contributed by atoms with Gasteiger partial charge in [-0.05, 0) is 36.6 Å². The Bertz CT molecular complexity index is 344. The predicted molar refractivity (Wildman–Crippen MR) is 64.6 cm³/mol. The quantitative estimate of drug-likeness (QED) is 0.904. The molecule has 1 aromatic rings. The number of likely N-dealkylation sites (tertiary alicyclic amines) is 1. The monoisotopic (exact) mass is 287 g/mol. The highest BCUT2D eigenvalue weighted by atomic mass is 79.9. The van der Waals surface area contributed by atoms with E-state index in [0.29, 0.717) is 0 Å². The zero-order valence-corrected chi connectivity index (χ0v) is 10.6. The number of aliphatic hydroxyl groups excluding tert-OH is 1. The molecule has 2 nitrogen and oxygen atoms in total. The Kier molecular flexibility index (Phi) is 3.95.